The SMILES string of the molecule is O=C1S/C(=C/c2cc(Br)c(OCc3ccc(F)cc3)c(Br)c2)C(=O)N1Cc1ccccc1Cl. The first kappa shape index (κ1) is 24.0. The highest BCUT2D eigenvalue weighted by atomic mass is 79.9. The minimum atomic E-state index is -0.367. The topological polar surface area (TPSA) is 46.6 Å². The highest BCUT2D eigenvalue weighted by Crippen LogP contribution is 2.38. The van der Waals surface area contributed by atoms with Crippen LogP contribution in [0.2, 0.25) is 5.02 Å². The lowest BCUT2D eigenvalue weighted by atomic mass is 10.2. The van der Waals surface area contributed by atoms with Crippen LogP contribution < -0.4 is 4.74 Å². The average Bonchev–Trinajstić information content (AvgIpc) is 3.03. The maximum atomic E-state index is 13.1. The van der Waals surface area contributed by atoms with Crippen molar-refractivity contribution in [3.05, 3.63) is 102 Å². The molecular weight excluding hydrogens is 597 g/mol. The Morgan fingerprint density at radius 3 is 2.36 bits per heavy atom. The van der Waals surface area contributed by atoms with Crippen LogP contribution in [-0.4, -0.2) is 16.0 Å². The molecule has 3 aromatic carbocycles. The molecule has 1 aliphatic heterocycles. The summed E-state index contributed by atoms with van der Waals surface area (Å²) in [7, 11) is 0. The first-order valence-corrected chi connectivity index (χ1v) is 12.4. The lowest BCUT2D eigenvalue weighted by molar-refractivity contribution is -0.123. The molecule has 0 aromatic heterocycles. The molecular formula is C24H15Br2ClFNO3S. The standard InChI is InChI=1S/C24H15Br2ClFNO3S/c25-18-9-15(10-19(26)22(18)32-13-14-5-7-17(28)8-6-14)11-21-23(30)29(24(31)33-21)12-16-3-1-2-4-20(16)27/h1-11H,12-13H2/b21-11+. The van der Waals surface area contributed by atoms with Crippen molar-refractivity contribution < 1.29 is 18.7 Å². The van der Waals surface area contributed by atoms with Gasteiger partial charge in [0.15, 0.2) is 0 Å². The molecule has 168 valence electrons. The highest BCUT2D eigenvalue weighted by Gasteiger charge is 2.35. The fourth-order valence-electron chi connectivity index (χ4n) is 3.12. The number of carbonyl (C=O) groups excluding carboxylic acids is 2. The predicted molar refractivity (Wildman–Crippen MR) is 136 cm³/mol. The number of hydrogen-bond acceptors (Lipinski definition) is 4. The fraction of sp³-hybridized carbons (Fsp3) is 0.0833. The molecule has 4 rings (SSSR count). The van der Waals surface area contributed by atoms with Crippen LogP contribution in [0.25, 0.3) is 6.08 Å². The van der Waals surface area contributed by atoms with E-state index in [1.54, 1.807) is 48.5 Å². The van der Waals surface area contributed by atoms with Crippen molar-refractivity contribution >= 4 is 72.4 Å². The largest absolute Gasteiger partial charge is 0.487 e. The molecule has 0 N–H and O–H groups in total. The van der Waals surface area contributed by atoms with E-state index in [-0.39, 0.29) is 30.1 Å². The van der Waals surface area contributed by atoms with Gasteiger partial charge in [0.05, 0.1) is 20.4 Å². The van der Waals surface area contributed by atoms with Crippen LogP contribution in [0.1, 0.15) is 16.7 Å². The Hall–Kier alpha value is -2.13. The molecule has 1 saturated heterocycles. The quantitative estimate of drug-likeness (QED) is 0.267. The van der Waals surface area contributed by atoms with E-state index in [9.17, 15) is 14.0 Å². The molecule has 0 spiro atoms. The van der Waals surface area contributed by atoms with Gasteiger partial charge in [0.1, 0.15) is 18.2 Å². The van der Waals surface area contributed by atoms with Crippen LogP contribution in [0, 0.1) is 5.82 Å². The number of benzene rings is 3. The van der Waals surface area contributed by atoms with Gasteiger partial charge in [-0.3, -0.25) is 14.5 Å². The highest BCUT2D eigenvalue weighted by molar-refractivity contribution is 9.11. The maximum absolute atomic E-state index is 13.1. The number of ether oxygens (including phenoxy) is 1. The van der Waals surface area contributed by atoms with Crippen molar-refractivity contribution in [3.63, 3.8) is 0 Å². The van der Waals surface area contributed by atoms with Crippen molar-refractivity contribution in [2.24, 2.45) is 0 Å². The third-order valence-corrected chi connectivity index (χ3v) is 7.23. The molecule has 2 amide bonds. The van der Waals surface area contributed by atoms with Crippen molar-refractivity contribution in [2.45, 2.75) is 13.2 Å². The first-order chi connectivity index (χ1) is 15.8. The summed E-state index contributed by atoms with van der Waals surface area (Å²) in [6.45, 7) is 0.378. The second-order valence-corrected chi connectivity index (χ2v) is 10.2. The van der Waals surface area contributed by atoms with E-state index in [0.717, 1.165) is 17.3 Å². The van der Waals surface area contributed by atoms with E-state index in [2.05, 4.69) is 31.9 Å². The van der Waals surface area contributed by atoms with Crippen molar-refractivity contribution in [1.82, 2.24) is 4.90 Å². The molecule has 33 heavy (non-hydrogen) atoms. The van der Waals surface area contributed by atoms with E-state index in [0.29, 0.717) is 35.7 Å². The minimum absolute atomic E-state index is 0.116. The van der Waals surface area contributed by atoms with Crippen LogP contribution >= 0.6 is 55.2 Å². The second kappa shape index (κ2) is 10.4. The Morgan fingerprint density at radius 2 is 1.70 bits per heavy atom. The van der Waals surface area contributed by atoms with E-state index in [1.165, 1.54) is 17.0 Å². The summed E-state index contributed by atoms with van der Waals surface area (Å²) in [5.74, 6) is -0.0983. The molecule has 1 heterocycles. The summed E-state index contributed by atoms with van der Waals surface area (Å²) in [6.07, 6.45) is 1.66. The zero-order valence-corrected chi connectivity index (χ0v) is 21.6. The summed E-state index contributed by atoms with van der Waals surface area (Å²) in [5.41, 5.74) is 2.24. The Bertz CT molecular complexity index is 1240. The number of imide groups is 1. The number of carbonyl (C=O) groups is 2. The summed E-state index contributed by atoms with van der Waals surface area (Å²) in [4.78, 5) is 26.8. The van der Waals surface area contributed by atoms with Gasteiger partial charge in [0, 0.05) is 5.02 Å². The van der Waals surface area contributed by atoms with Gasteiger partial charge in [-0.15, -0.1) is 0 Å². The summed E-state index contributed by atoms with van der Waals surface area (Å²) < 4.78 is 20.3. The third-order valence-electron chi connectivity index (χ3n) is 4.77. The molecule has 0 radical (unpaired) electrons. The smallest absolute Gasteiger partial charge is 0.293 e. The molecule has 0 atom stereocenters. The van der Waals surface area contributed by atoms with Crippen molar-refractivity contribution in [2.75, 3.05) is 0 Å². The monoisotopic (exact) mass is 609 g/mol. The normalized spacial score (nSPS) is 14.9. The van der Waals surface area contributed by atoms with Crippen molar-refractivity contribution in [3.8, 4) is 5.75 Å². The number of halogens is 4. The average molecular weight is 612 g/mol. The van der Waals surface area contributed by atoms with Crippen LogP contribution in [0.5, 0.6) is 5.75 Å². The molecule has 4 nitrogen and oxygen atoms in total. The summed E-state index contributed by atoms with van der Waals surface area (Å²) >= 11 is 14.1. The van der Waals surface area contributed by atoms with Crippen LogP contribution in [-0.2, 0) is 17.9 Å². The fourth-order valence-corrected chi connectivity index (χ4v) is 5.61. The van der Waals surface area contributed by atoms with Crippen LogP contribution in [0.15, 0.2) is 74.5 Å². The Kier molecular flexibility index (Phi) is 7.58. The molecule has 1 fully saturated rings. The van der Waals surface area contributed by atoms with E-state index in [1.807, 2.05) is 6.07 Å². The lowest BCUT2D eigenvalue weighted by Crippen LogP contribution is -2.27. The molecule has 9 heteroatoms. The number of nitrogens with zero attached hydrogens (tertiary/aromatic N) is 1. The van der Waals surface area contributed by atoms with Gasteiger partial charge in [-0.05, 0) is 96.7 Å². The number of hydrogen-bond donors (Lipinski definition) is 0. The van der Waals surface area contributed by atoms with Gasteiger partial charge in [0.2, 0.25) is 0 Å². The molecule has 0 unspecified atom stereocenters. The molecule has 3 aromatic rings. The van der Waals surface area contributed by atoms with Gasteiger partial charge < -0.3 is 4.74 Å². The Morgan fingerprint density at radius 1 is 1.03 bits per heavy atom. The van der Waals surface area contributed by atoms with E-state index < -0.39 is 0 Å². The summed E-state index contributed by atoms with van der Waals surface area (Å²) in [6, 6.07) is 16.8. The number of rotatable bonds is 6. The minimum Gasteiger partial charge on any atom is -0.487 e. The lowest BCUT2D eigenvalue weighted by Gasteiger charge is -2.13. The van der Waals surface area contributed by atoms with Crippen LogP contribution in [0.4, 0.5) is 9.18 Å². The Balaban J connectivity index is 1.50. The molecule has 0 aliphatic carbocycles. The number of amides is 2. The molecule has 1 aliphatic rings. The van der Waals surface area contributed by atoms with E-state index >= 15 is 0 Å². The second-order valence-electron chi connectivity index (χ2n) is 7.09. The van der Waals surface area contributed by atoms with Gasteiger partial charge in [-0.25, -0.2) is 4.39 Å². The zero-order valence-electron chi connectivity index (χ0n) is 16.9. The molecule has 0 bridgehead atoms. The first-order valence-electron chi connectivity index (χ1n) is 9.67. The Labute approximate surface area is 216 Å². The summed E-state index contributed by atoms with van der Waals surface area (Å²) in [5, 5.41) is 0.160. The third kappa shape index (κ3) is 5.69. The molecule has 0 saturated carbocycles. The van der Waals surface area contributed by atoms with Gasteiger partial charge in [0.25, 0.3) is 11.1 Å². The van der Waals surface area contributed by atoms with Gasteiger partial charge in [-0.1, -0.05) is 41.9 Å². The number of thioether (sulfide) groups is 1. The zero-order chi connectivity index (χ0) is 23.5. The van der Waals surface area contributed by atoms with Gasteiger partial charge in [-0.2, -0.15) is 0 Å². The maximum Gasteiger partial charge on any atom is 0.293 e. The predicted octanol–water partition coefficient (Wildman–Crippen LogP) is 7.82. The van der Waals surface area contributed by atoms with Crippen molar-refractivity contribution in [1.29, 1.82) is 0 Å². The van der Waals surface area contributed by atoms with Gasteiger partial charge >= 0.3 is 0 Å². The van der Waals surface area contributed by atoms with E-state index in [4.69, 9.17) is 16.3 Å². The van der Waals surface area contributed by atoms with Crippen LogP contribution in [0.3, 0.4) is 0 Å².